The van der Waals surface area contributed by atoms with Crippen LogP contribution in [0.5, 0.6) is 0 Å². The molecule has 0 aliphatic carbocycles. The van der Waals surface area contributed by atoms with E-state index in [1.165, 1.54) is 0 Å². The second-order valence-corrected chi connectivity index (χ2v) is 4.57. The van der Waals surface area contributed by atoms with Crippen LogP contribution in [0.2, 0.25) is 0 Å². The van der Waals surface area contributed by atoms with Crippen LogP contribution in [0.1, 0.15) is 37.0 Å². The molecule has 0 radical (unpaired) electrons. The smallest absolute Gasteiger partial charge is 0.237 e. The van der Waals surface area contributed by atoms with Gasteiger partial charge < -0.3 is 16.2 Å². The van der Waals surface area contributed by atoms with E-state index in [0.717, 1.165) is 17.5 Å². The minimum absolute atomic E-state index is 0. The quantitative estimate of drug-likeness (QED) is 0.745. The van der Waals surface area contributed by atoms with Crippen LogP contribution in [0.15, 0.2) is 24.3 Å². The van der Waals surface area contributed by atoms with Gasteiger partial charge in [0.1, 0.15) is 0 Å². The third-order valence-electron chi connectivity index (χ3n) is 2.87. The first kappa shape index (κ1) is 17.9. The van der Waals surface area contributed by atoms with Crippen LogP contribution >= 0.6 is 12.4 Å². The Kier molecular flexibility index (Phi) is 8.39. The van der Waals surface area contributed by atoms with E-state index in [9.17, 15) is 9.90 Å². The summed E-state index contributed by atoms with van der Waals surface area (Å²) in [6.07, 6.45) is 0.838. The zero-order chi connectivity index (χ0) is 13.5. The number of nitrogens with one attached hydrogen (secondary N) is 1. The van der Waals surface area contributed by atoms with Gasteiger partial charge in [0, 0.05) is 6.54 Å². The Balaban J connectivity index is 0.00000324. The van der Waals surface area contributed by atoms with Gasteiger partial charge in [-0.1, -0.05) is 43.2 Å². The Hall–Kier alpha value is -1.10. The molecule has 19 heavy (non-hydrogen) atoms. The maximum Gasteiger partial charge on any atom is 0.237 e. The topological polar surface area (TPSA) is 75.4 Å². The number of hydrogen-bond donors (Lipinski definition) is 3. The Morgan fingerprint density at radius 2 is 1.95 bits per heavy atom. The average Bonchev–Trinajstić information content (AvgIpc) is 2.36. The maximum atomic E-state index is 11.6. The molecular weight excluding hydrogens is 264 g/mol. The van der Waals surface area contributed by atoms with Crippen molar-refractivity contribution in [2.45, 2.75) is 38.8 Å². The number of amides is 1. The molecule has 0 bridgehead atoms. The lowest BCUT2D eigenvalue weighted by atomic mass is 10.1. The number of carbonyl (C=O) groups excluding carboxylic acids is 1. The van der Waals surface area contributed by atoms with Gasteiger partial charge in [-0.3, -0.25) is 4.79 Å². The van der Waals surface area contributed by atoms with E-state index in [0.29, 0.717) is 6.42 Å². The van der Waals surface area contributed by atoms with Crippen molar-refractivity contribution in [3.8, 4) is 0 Å². The highest BCUT2D eigenvalue weighted by atomic mass is 35.5. The fourth-order valence-electron chi connectivity index (χ4n) is 1.68. The fourth-order valence-corrected chi connectivity index (χ4v) is 1.68. The van der Waals surface area contributed by atoms with Gasteiger partial charge in [0.05, 0.1) is 12.1 Å². The molecule has 0 aromatic heterocycles. The molecule has 4 nitrogen and oxygen atoms in total. The summed E-state index contributed by atoms with van der Waals surface area (Å²) < 4.78 is 0. The van der Waals surface area contributed by atoms with Gasteiger partial charge >= 0.3 is 0 Å². The van der Waals surface area contributed by atoms with Crippen LogP contribution in [0.4, 0.5) is 0 Å². The Labute approximate surface area is 120 Å². The molecule has 4 N–H and O–H groups in total. The monoisotopic (exact) mass is 286 g/mol. The van der Waals surface area contributed by atoms with E-state index in [4.69, 9.17) is 5.73 Å². The molecule has 2 unspecified atom stereocenters. The highest BCUT2D eigenvalue weighted by Gasteiger charge is 2.14. The first-order valence-corrected chi connectivity index (χ1v) is 6.32. The summed E-state index contributed by atoms with van der Waals surface area (Å²) >= 11 is 0. The summed E-state index contributed by atoms with van der Waals surface area (Å²) in [4.78, 5) is 11.6. The molecule has 0 saturated carbocycles. The van der Waals surface area contributed by atoms with E-state index in [-0.39, 0.29) is 24.9 Å². The molecule has 0 aliphatic rings. The molecule has 1 aromatic rings. The second kappa shape index (κ2) is 8.91. The number of aryl methyl sites for hydroxylation is 1. The average molecular weight is 287 g/mol. The lowest BCUT2D eigenvalue weighted by molar-refractivity contribution is -0.123. The molecule has 1 amide bonds. The minimum atomic E-state index is -0.691. The third-order valence-corrected chi connectivity index (χ3v) is 2.87. The van der Waals surface area contributed by atoms with E-state index in [1.54, 1.807) is 0 Å². The molecular formula is C14H23ClN2O2. The highest BCUT2D eigenvalue weighted by molar-refractivity contribution is 5.85. The summed E-state index contributed by atoms with van der Waals surface area (Å²) in [7, 11) is 0. The molecule has 1 rings (SSSR count). The van der Waals surface area contributed by atoms with Crippen molar-refractivity contribution in [1.29, 1.82) is 0 Å². The number of nitrogens with two attached hydrogens (primary N) is 1. The van der Waals surface area contributed by atoms with Crippen molar-refractivity contribution < 1.29 is 9.90 Å². The van der Waals surface area contributed by atoms with Gasteiger partial charge in [-0.05, 0) is 18.9 Å². The molecule has 0 aliphatic heterocycles. The number of hydrogen-bond acceptors (Lipinski definition) is 3. The number of benzene rings is 1. The number of rotatable bonds is 6. The van der Waals surface area contributed by atoms with Gasteiger partial charge in [-0.15, -0.1) is 12.4 Å². The first-order chi connectivity index (χ1) is 8.54. The molecule has 2 atom stereocenters. The minimum Gasteiger partial charge on any atom is -0.387 e. The van der Waals surface area contributed by atoms with Crippen molar-refractivity contribution >= 4 is 18.3 Å². The van der Waals surface area contributed by atoms with E-state index < -0.39 is 12.1 Å². The Morgan fingerprint density at radius 1 is 1.37 bits per heavy atom. The van der Waals surface area contributed by atoms with Crippen molar-refractivity contribution in [2.24, 2.45) is 5.73 Å². The van der Waals surface area contributed by atoms with Crippen LogP contribution < -0.4 is 11.1 Å². The second-order valence-electron chi connectivity index (χ2n) is 4.57. The first-order valence-electron chi connectivity index (χ1n) is 6.32. The zero-order valence-electron chi connectivity index (χ0n) is 11.4. The van der Waals surface area contributed by atoms with E-state index in [2.05, 4.69) is 5.32 Å². The lowest BCUT2D eigenvalue weighted by Gasteiger charge is -2.15. The van der Waals surface area contributed by atoms with Crippen LogP contribution in [-0.4, -0.2) is 23.6 Å². The molecule has 0 saturated heterocycles. The lowest BCUT2D eigenvalue weighted by Crippen LogP contribution is -2.41. The SMILES string of the molecule is CCCC(N)C(=O)NCC(O)c1ccc(C)cc1.Cl. The normalized spacial score (nSPS) is 13.3. The molecule has 1 aromatic carbocycles. The highest BCUT2D eigenvalue weighted by Crippen LogP contribution is 2.12. The Bertz CT molecular complexity index is 382. The summed E-state index contributed by atoms with van der Waals surface area (Å²) in [5.41, 5.74) is 7.61. The number of halogens is 1. The maximum absolute atomic E-state index is 11.6. The van der Waals surface area contributed by atoms with Crippen LogP contribution in [0.25, 0.3) is 0 Å². The summed E-state index contributed by atoms with van der Waals surface area (Å²) in [6, 6.07) is 7.10. The van der Waals surface area contributed by atoms with Crippen molar-refractivity contribution in [3.63, 3.8) is 0 Å². The van der Waals surface area contributed by atoms with E-state index in [1.807, 2.05) is 38.1 Å². The van der Waals surface area contributed by atoms with E-state index >= 15 is 0 Å². The fraction of sp³-hybridized carbons (Fsp3) is 0.500. The van der Waals surface area contributed by atoms with Gasteiger partial charge in [-0.2, -0.15) is 0 Å². The number of carbonyl (C=O) groups is 1. The summed E-state index contributed by atoms with van der Waals surface area (Å²) in [5, 5.41) is 12.6. The zero-order valence-corrected chi connectivity index (χ0v) is 12.2. The Morgan fingerprint density at radius 3 is 2.47 bits per heavy atom. The van der Waals surface area contributed by atoms with Gasteiger partial charge in [0.2, 0.25) is 5.91 Å². The molecule has 0 heterocycles. The molecule has 0 spiro atoms. The van der Waals surface area contributed by atoms with Crippen molar-refractivity contribution in [3.05, 3.63) is 35.4 Å². The van der Waals surface area contributed by atoms with Gasteiger partial charge in [0.15, 0.2) is 0 Å². The standard InChI is InChI=1S/C14H22N2O2.ClH/c1-3-4-12(15)14(18)16-9-13(17)11-7-5-10(2)6-8-11;/h5-8,12-13,17H,3-4,9,15H2,1-2H3,(H,16,18);1H. The number of aliphatic hydroxyl groups is 1. The predicted molar refractivity (Wildman–Crippen MR) is 79.3 cm³/mol. The molecule has 0 fully saturated rings. The predicted octanol–water partition coefficient (Wildman–Crippen LogP) is 1.69. The third kappa shape index (κ3) is 6.05. The van der Waals surface area contributed by atoms with Crippen LogP contribution in [0.3, 0.4) is 0 Å². The van der Waals surface area contributed by atoms with Crippen LogP contribution in [0, 0.1) is 6.92 Å². The number of aliphatic hydroxyl groups excluding tert-OH is 1. The van der Waals surface area contributed by atoms with Crippen molar-refractivity contribution in [1.82, 2.24) is 5.32 Å². The largest absolute Gasteiger partial charge is 0.387 e. The van der Waals surface area contributed by atoms with Crippen LogP contribution in [-0.2, 0) is 4.79 Å². The van der Waals surface area contributed by atoms with Gasteiger partial charge in [-0.25, -0.2) is 0 Å². The van der Waals surface area contributed by atoms with Gasteiger partial charge in [0.25, 0.3) is 0 Å². The molecule has 108 valence electrons. The summed E-state index contributed by atoms with van der Waals surface area (Å²) in [5.74, 6) is -0.206. The van der Waals surface area contributed by atoms with Crippen molar-refractivity contribution in [2.75, 3.05) is 6.54 Å². The summed E-state index contributed by atoms with van der Waals surface area (Å²) in [6.45, 7) is 4.16. The molecule has 5 heteroatoms.